The summed E-state index contributed by atoms with van der Waals surface area (Å²) in [5, 5.41) is 4.41. The predicted molar refractivity (Wildman–Crippen MR) is 114 cm³/mol. The first-order valence-electron chi connectivity index (χ1n) is 9.09. The fourth-order valence-corrected chi connectivity index (χ4v) is 2.92. The molecule has 1 atom stereocenters. The van der Waals surface area contributed by atoms with Crippen LogP contribution in [0.1, 0.15) is 43.6 Å². The van der Waals surface area contributed by atoms with E-state index < -0.39 is 52.2 Å². The number of carbonyl (C=O) groups excluding carboxylic acids is 3. The van der Waals surface area contributed by atoms with Gasteiger partial charge < -0.3 is 15.4 Å². The molecule has 6 nitrogen and oxygen atoms in total. The van der Waals surface area contributed by atoms with Crippen LogP contribution in [0.3, 0.4) is 0 Å². The molecule has 0 aliphatic carbocycles. The number of carbonyl (C=O) groups is 3. The van der Waals surface area contributed by atoms with Crippen molar-refractivity contribution in [3.8, 4) is 0 Å². The van der Waals surface area contributed by atoms with E-state index >= 15 is 0 Å². The molecule has 0 aliphatic heterocycles. The lowest BCUT2D eigenvalue weighted by molar-refractivity contribution is -0.117. The largest absolute Gasteiger partial charge is 0.444 e. The van der Waals surface area contributed by atoms with Crippen LogP contribution >= 0.6 is 23.2 Å². The van der Waals surface area contributed by atoms with E-state index in [-0.39, 0.29) is 15.7 Å². The van der Waals surface area contributed by atoms with Gasteiger partial charge in [0.1, 0.15) is 23.3 Å². The van der Waals surface area contributed by atoms with Gasteiger partial charge in [-0.1, -0.05) is 29.3 Å². The van der Waals surface area contributed by atoms with Crippen LogP contribution < -0.4 is 10.6 Å². The van der Waals surface area contributed by atoms with E-state index in [1.807, 2.05) is 0 Å². The van der Waals surface area contributed by atoms with Gasteiger partial charge in [-0.05, 0) is 52.0 Å². The number of rotatable bonds is 5. The molecule has 0 aromatic heterocycles. The van der Waals surface area contributed by atoms with Crippen molar-refractivity contribution in [1.29, 1.82) is 0 Å². The van der Waals surface area contributed by atoms with Crippen molar-refractivity contribution in [2.24, 2.45) is 0 Å². The Bertz CT molecular complexity index is 1020. The molecule has 0 spiro atoms. The highest BCUT2D eigenvalue weighted by molar-refractivity contribution is 6.45. The molecule has 166 valence electrons. The topological polar surface area (TPSA) is 84.5 Å². The molecule has 0 bridgehead atoms. The highest BCUT2D eigenvalue weighted by Crippen LogP contribution is 2.34. The number of ketones is 1. The Hall–Kier alpha value is -2.71. The molecule has 0 radical (unpaired) electrons. The van der Waals surface area contributed by atoms with E-state index in [2.05, 4.69) is 10.6 Å². The lowest BCUT2D eigenvalue weighted by Crippen LogP contribution is -2.44. The third kappa shape index (κ3) is 6.15. The van der Waals surface area contributed by atoms with Crippen LogP contribution in [-0.2, 0) is 9.53 Å². The SMILES string of the molecule is CC(NC(=O)OC(C)(C)C)C(=O)Nc1ccc(Cl)c(Cl)c1C(=O)c1c(F)cccc1F. The fraction of sp³-hybridized carbons (Fsp3) is 0.286. The molecule has 2 amide bonds. The first-order chi connectivity index (χ1) is 14.3. The minimum absolute atomic E-state index is 0.0558. The van der Waals surface area contributed by atoms with Gasteiger partial charge >= 0.3 is 6.09 Å². The number of hydrogen-bond donors (Lipinski definition) is 2. The van der Waals surface area contributed by atoms with Crippen molar-refractivity contribution in [3.63, 3.8) is 0 Å². The molecular weight excluding hydrogens is 453 g/mol. The Labute approximate surface area is 187 Å². The second-order valence-electron chi connectivity index (χ2n) is 7.57. The normalized spacial score (nSPS) is 12.1. The lowest BCUT2D eigenvalue weighted by atomic mass is 10.00. The minimum atomic E-state index is -1.11. The zero-order valence-corrected chi connectivity index (χ0v) is 18.6. The van der Waals surface area contributed by atoms with E-state index in [0.717, 1.165) is 18.2 Å². The molecule has 0 aliphatic rings. The quantitative estimate of drug-likeness (QED) is 0.574. The zero-order valence-electron chi connectivity index (χ0n) is 17.1. The maximum absolute atomic E-state index is 14.1. The molecule has 2 rings (SSSR count). The van der Waals surface area contributed by atoms with E-state index in [1.54, 1.807) is 20.8 Å². The minimum Gasteiger partial charge on any atom is -0.444 e. The summed E-state index contributed by atoms with van der Waals surface area (Å²) in [6, 6.07) is 4.43. The number of anilines is 1. The van der Waals surface area contributed by atoms with Gasteiger partial charge in [-0.15, -0.1) is 0 Å². The number of halogens is 4. The molecule has 2 aromatic rings. The summed E-state index contributed by atoms with van der Waals surface area (Å²) in [5.41, 5.74) is -2.14. The monoisotopic (exact) mass is 472 g/mol. The highest BCUT2D eigenvalue weighted by atomic mass is 35.5. The van der Waals surface area contributed by atoms with Gasteiger partial charge in [0.25, 0.3) is 0 Å². The van der Waals surface area contributed by atoms with Crippen LogP contribution in [0.25, 0.3) is 0 Å². The number of ether oxygens (including phenoxy) is 1. The molecule has 10 heteroatoms. The summed E-state index contributed by atoms with van der Waals surface area (Å²) in [6.45, 7) is 6.36. The Balaban J connectivity index is 2.34. The summed E-state index contributed by atoms with van der Waals surface area (Å²) in [7, 11) is 0. The van der Waals surface area contributed by atoms with Gasteiger partial charge in [-0.3, -0.25) is 9.59 Å². The van der Waals surface area contributed by atoms with Gasteiger partial charge in [-0.2, -0.15) is 0 Å². The summed E-state index contributed by atoms with van der Waals surface area (Å²) in [4.78, 5) is 37.3. The summed E-state index contributed by atoms with van der Waals surface area (Å²) in [6.07, 6.45) is -0.825. The maximum Gasteiger partial charge on any atom is 0.408 e. The van der Waals surface area contributed by atoms with E-state index in [4.69, 9.17) is 27.9 Å². The second kappa shape index (κ2) is 9.62. The summed E-state index contributed by atoms with van der Waals surface area (Å²) in [5.74, 6) is -4.03. The molecule has 0 heterocycles. The van der Waals surface area contributed by atoms with Crippen molar-refractivity contribution in [2.75, 3.05) is 5.32 Å². The maximum atomic E-state index is 14.1. The average molecular weight is 473 g/mol. The second-order valence-corrected chi connectivity index (χ2v) is 8.35. The van der Waals surface area contributed by atoms with Gasteiger partial charge in [0.2, 0.25) is 11.7 Å². The fourth-order valence-electron chi connectivity index (χ4n) is 2.51. The molecule has 0 fully saturated rings. The summed E-state index contributed by atoms with van der Waals surface area (Å²) >= 11 is 12.1. The van der Waals surface area contributed by atoms with Crippen molar-refractivity contribution in [3.05, 3.63) is 63.1 Å². The van der Waals surface area contributed by atoms with Gasteiger partial charge in [0.15, 0.2) is 0 Å². The van der Waals surface area contributed by atoms with E-state index in [1.165, 1.54) is 19.1 Å². The van der Waals surface area contributed by atoms with Crippen molar-refractivity contribution >= 4 is 46.7 Å². The third-order valence-corrected chi connectivity index (χ3v) is 4.70. The Morgan fingerprint density at radius 3 is 2.13 bits per heavy atom. The van der Waals surface area contributed by atoms with Crippen LogP contribution in [0.2, 0.25) is 10.0 Å². The van der Waals surface area contributed by atoms with E-state index in [0.29, 0.717) is 0 Å². The molecule has 2 aromatic carbocycles. The van der Waals surface area contributed by atoms with Crippen molar-refractivity contribution < 1.29 is 27.9 Å². The van der Waals surface area contributed by atoms with Gasteiger partial charge in [-0.25, -0.2) is 13.6 Å². The van der Waals surface area contributed by atoms with Gasteiger partial charge in [0.05, 0.1) is 26.9 Å². The molecule has 0 saturated heterocycles. The number of nitrogens with one attached hydrogen (secondary N) is 2. The Morgan fingerprint density at radius 1 is 1.00 bits per heavy atom. The molecule has 0 saturated carbocycles. The number of benzene rings is 2. The average Bonchev–Trinajstić information content (AvgIpc) is 2.62. The summed E-state index contributed by atoms with van der Waals surface area (Å²) < 4.78 is 33.4. The molecule has 1 unspecified atom stereocenters. The standard InChI is InChI=1S/C21H20Cl2F2N2O4/c1-10(26-20(30)31-21(2,3)4)19(29)27-14-9-8-11(22)17(23)16(14)18(28)15-12(24)6-5-7-13(15)25/h5-10H,1-4H3,(H,26,30)(H,27,29). The van der Waals surface area contributed by atoms with Crippen LogP contribution in [-0.4, -0.2) is 29.4 Å². The number of hydrogen-bond acceptors (Lipinski definition) is 4. The first-order valence-corrected chi connectivity index (χ1v) is 9.84. The van der Waals surface area contributed by atoms with Crippen molar-refractivity contribution in [1.82, 2.24) is 5.32 Å². The van der Waals surface area contributed by atoms with E-state index in [9.17, 15) is 23.2 Å². The van der Waals surface area contributed by atoms with Crippen LogP contribution in [0.15, 0.2) is 30.3 Å². The molecule has 2 N–H and O–H groups in total. The Morgan fingerprint density at radius 2 is 1.58 bits per heavy atom. The van der Waals surface area contributed by atoms with Gasteiger partial charge in [0, 0.05) is 0 Å². The van der Waals surface area contributed by atoms with Crippen LogP contribution in [0.5, 0.6) is 0 Å². The zero-order chi connectivity index (χ0) is 23.5. The molecular formula is C21H20Cl2F2N2O4. The molecule has 31 heavy (non-hydrogen) atoms. The van der Waals surface area contributed by atoms with Crippen LogP contribution in [0, 0.1) is 11.6 Å². The first kappa shape index (κ1) is 24.6. The number of alkyl carbamates (subject to hydrolysis) is 1. The number of amides is 2. The smallest absolute Gasteiger partial charge is 0.408 e. The Kier molecular flexibility index (Phi) is 7.62. The van der Waals surface area contributed by atoms with Crippen LogP contribution in [0.4, 0.5) is 19.3 Å². The third-order valence-electron chi connectivity index (χ3n) is 3.90. The lowest BCUT2D eigenvalue weighted by Gasteiger charge is -2.22. The predicted octanol–water partition coefficient (Wildman–Crippen LogP) is 5.35. The highest BCUT2D eigenvalue weighted by Gasteiger charge is 2.27. The van der Waals surface area contributed by atoms with Crippen molar-refractivity contribution in [2.45, 2.75) is 39.3 Å².